The quantitative estimate of drug-likeness (QED) is 0.781. The second-order valence-electron chi connectivity index (χ2n) is 4.20. The van der Waals surface area contributed by atoms with E-state index in [4.69, 9.17) is 9.47 Å². The van der Waals surface area contributed by atoms with E-state index in [0.29, 0.717) is 0 Å². The molecule has 0 atom stereocenters. The molecule has 3 nitrogen and oxygen atoms in total. The van der Waals surface area contributed by atoms with Gasteiger partial charge in [-0.2, -0.15) is 0 Å². The van der Waals surface area contributed by atoms with Gasteiger partial charge in [-0.25, -0.2) is 0 Å². The van der Waals surface area contributed by atoms with Crippen LogP contribution in [0, 0.1) is 0 Å². The first-order valence-corrected chi connectivity index (χ1v) is 5.37. The van der Waals surface area contributed by atoms with E-state index in [2.05, 4.69) is 0 Å². The SMILES string of the molecule is COc1ccc(C2(C(C)=O)CC2)c(OC)c1. The zero-order chi connectivity index (χ0) is 11.8. The van der Waals surface area contributed by atoms with Crippen LogP contribution in [-0.2, 0) is 10.2 Å². The van der Waals surface area contributed by atoms with Crippen molar-refractivity contribution in [3.8, 4) is 11.5 Å². The zero-order valence-electron chi connectivity index (χ0n) is 9.87. The van der Waals surface area contributed by atoms with Crippen molar-refractivity contribution in [1.82, 2.24) is 0 Å². The molecule has 0 spiro atoms. The summed E-state index contributed by atoms with van der Waals surface area (Å²) in [5.41, 5.74) is 0.695. The molecule has 0 aliphatic heterocycles. The van der Waals surface area contributed by atoms with Crippen LogP contribution >= 0.6 is 0 Å². The maximum atomic E-state index is 11.7. The third-order valence-corrected chi connectivity index (χ3v) is 3.35. The smallest absolute Gasteiger partial charge is 0.140 e. The lowest BCUT2D eigenvalue weighted by Crippen LogP contribution is -2.17. The van der Waals surface area contributed by atoms with Crippen molar-refractivity contribution < 1.29 is 14.3 Å². The van der Waals surface area contributed by atoms with Crippen LogP contribution in [0.2, 0.25) is 0 Å². The predicted molar refractivity (Wildman–Crippen MR) is 61.1 cm³/mol. The third kappa shape index (κ3) is 1.56. The van der Waals surface area contributed by atoms with Crippen LogP contribution < -0.4 is 9.47 Å². The second-order valence-corrected chi connectivity index (χ2v) is 4.20. The van der Waals surface area contributed by atoms with Crippen LogP contribution in [-0.4, -0.2) is 20.0 Å². The highest BCUT2D eigenvalue weighted by molar-refractivity contribution is 5.92. The van der Waals surface area contributed by atoms with Crippen LogP contribution in [0.5, 0.6) is 11.5 Å². The monoisotopic (exact) mass is 220 g/mol. The van der Waals surface area contributed by atoms with Gasteiger partial charge in [0, 0.05) is 11.6 Å². The Bertz CT molecular complexity index is 419. The van der Waals surface area contributed by atoms with E-state index >= 15 is 0 Å². The van der Waals surface area contributed by atoms with E-state index in [-0.39, 0.29) is 11.2 Å². The van der Waals surface area contributed by atoms with E-state index in [1.165, 1.54) is 0 Å². The molecule has 1 aromatic carbocycles. The molecular formula is C13H16O3. The largest absolute Gasteiger partial charge is 0.497 e. The van der Waals surface area contributed by atoms with Gasteiger partial charge in [-0.15, -0.1) is 0 Å². The summed E-state index contributed by atoms with van der Waals surface area (Å²) < 4.78 is 10.5. The summed E-state index contributed by atoms with van der Waals surface area (Å²) in [4.78, 5) is 11.7. The Hall–Kier alpha value is -1.51. The number of hydrogen-bond acceptors (Lipinski definition) is 3. The molecule has 0 amide bonds. The van der Waals surface area contributed by atoms with Crippen molar-refractivity contribution in [2.45, 2.75) is 25.2 Å². The molecule has 0 bridgehead atoms. The minimum Gasteiger partial charge on any atom is -0.497 e. The van der Waals surface area contributed by atoms with Crippen LogP contribution in [0.15, 0.2) is 18.2 Å². The third-order valence-electron chi connectivity index (χ3n) is 3.35. The van der Waals surface area contributed by atoms with Crippen molar-refractivity contribution in [3.63, 3.8) is 0 Å². The fourth-order valence-electron chi connectivity index (χ4n) is 2.13. The van der Waals surface area contributed by atoms with Gasteiger partial charge in [-0.05, 0) is 25.8 Å². The molecule has 0 radical (unpaired) electrons. The topological polar surface area (TPSA) is 35.5 Å². The number of benzene rings is 1. The summed E-state index contributed by atoms with van der Waals surface area (Å²) in [5.74, 6) is 1.71. The lowest BCUT2D eigenvalue weighted by molar-refractivity contribution is -0.119. The Morgan fingerprint density at radius 3 is 2.38 bits per heavy atom. The average Bonchev–Trinajstić information content (AvgIpc) is 3.09. The van der Waals surface area contributed by atoms with E-state index in [1.807, 2.05) is 18.2 Å². The first kappa shape index (κ1) is 11.0. The number of ketones is 1. The highest BCUT2D eigenvalue weighted by Crippen LogP contribution is 2.52. The number of carbonyl (C=O) groups excluding carboxylic acids is 1. The molecule has 0 aromatic heterocycles. The summed E-state index contributed by atoms with van der Waals surface area (Å²) in [5, 5.41) is 0. The normalized spacial score (nSPS) is 16.7. The number of methoxy groups -OCH3 is 2. The number of ether oxygens (including phenoxy) is 2. The maximum absolute atomic E-state index is 11.7. The lowest BCUT2D eigenvalue weighted by atomic mass is 9.91. The van der Waals surface area contributed by atoms with E-state index < -0.39 is 0 Å². The van der Waals surface area contributed by atoms with Crippen molar-refractivity contribution in [2.24, 2.45) is 0 Å². The molecule has 2 rings (SSSR count). The summed E-state index contributed by atoms with van der Waals surface area (Å²) in [6.45, 7) is 1.65. The fourth-order valence-corrected chi connectivity index (χ4v) is 2.13. The van der Waals surface area contributed by atoms with Gasteiger partial charge in [0.25, 0.3) is 0 Å². The summed E-state index contributed by atoms with van der Waals surface area (Å²) in [7, 11) is 3.24. The molecular weight excluding hydrogens is 204 g/mol. The van der Waals surface area contributed by atoms with Crippen LogP contribution in [0.1, 0.15) is 25.3 Å². The Labute approximate surface area is 95.4 Å². The molecule has 0 N–H and O–H groups in total. The molecule has 86 valence electrons. The van der Waals surface area contributed by atoms with Crippen LogP contribution in [0.3, 0.4) is 0 Å². The second kappa shape index (κ2) is 3.81. The van der Waals surface area contributed by atoms with Gasteiger partial charge >= 0.3 is 0 Å². The average molecular weight is 220 g/mol. The van der Waals surface area contributed by atoms with Crippen LogP contribution in [0.4, 0.5) is 0 Å². The molecule has 16 heavy (non-hydrogen) atoms. The molecule has 1 fully saturated rings. The first-order chi connectivity index (χ1) is 7.64. The number of Topliss-reactive ketones (excluding diaryl/α,β-unsaturated/α-hetero) is 1. The maximum Gasteiger partial charge on any atom is 0.140 e. The summed E-state index contributed by atoms with van der Waals surface area (Å²) in [6.07, 6.45) is 1.84. The Kier molecular flexibility index (Phi) is 2.62. The van der Waals surface area contributed by atoms with Crippen molar-refractivity contribution in [3.05, 3.63) is 23.8 Å². The van der Waals surface area contributed by atoms with Gasteiger partial charge in [0.2, 0.25) is 0 Å². The minimum absolute atomic E-state index is 0.218. The standard InChI is InChI=1S/C13H16O3/c1-9(14)13(6-7-13)11-5-4-10(15-2)8-12(11)16-3/h4-5,8H,6-7H2,1-3H3. The first-order valence-electron chi connectivity index (χ1n) is 5.37. The van der Waals surface area contributed by atoms with E-state index in [0.717, 1.165) is 29.9 Å². The summed E-state index contributed by atoms with van der Waals surface area (Å²) in [6, 6.07) is 5.64. The molecule has 1 aromatic rings. The van der Waals surface area contributed by atoms with Gasteiger partial charge in [-0.3, -0.25) is 4.79 Å². The Morgan fingerprint density at radius 2 is 1.94 bits per heavy atom. The lowest BCUT2D eigenvalue weighted by Gasteiger charge is -2.16. The number of carbonyl (C=O) groups is 1. The summed E-state index contributed by atoms with van der Waals surface area (Å²) >= 11 is 0. The molecule has 0 saturated heterocycles. The van der Waals surface area contributed by atoms with Crippen molar-refractivity contribution in [1.29, 1.82) is 0 Å². The van der Waals surface area contributed by atoms with Crippen molar-refractivity contribution >= 4 is 5.78 Å². The van der Waals surface area contributed by atoms with Gasteiger partial charge in [-0.1, -0.05) is 6.07 Å². The molecule has 3 heteroatoms. The minimum atomic E-state index is -0.294. The molecule has 0 heterocycles. The molecule has 1 saturated carbocycles. The predicted octanol–water partition coefficient (Wildman–Crippen LogP) is 2.32. The molecule has 1 aliphatic carbocycles. The Morgan fingerprint density at radius 1 is 1.25 bits per heavy atom. The molecule has 1 aliphatic rings. The van der Waals surface area contributed by atoms with Crippen molar-refractivity contribution in [2.75, 3.05) is 14.2 Å². The zero-order valence-corrected chi connectivity index (χ0v) is 9.87. The van der Waals surface area contributed by atoms with E-state index in [1.54, 1.807) is 21.1 Å². The van der Waals surface area contributed by atoms with E-state index in [9.17, 15) is 4.79 Å². The number of hydrogen-bond donors (Lipinski definition) is 0. The highest BCUT2D eigenvalue weighted by atomic mass is 16.5. The van der Waals surface area contributed by atoms with Gasteiger partial charge in [0.1, 0.15) is 17.3 Å². The fraction of sp³-hybridized carbons (Fsp3) is 0.462. The van der Waals surface area contributed by atoms with Gasteiger partial charge < -0.3 is 9.47 Å². The van der Waals surface area contributed by atoms with Gasteiger partial charge in [0.15, 0.2) is 0 Å². The van der Waals surface area contributed by atoms with Crippen LogP contribution in [0.25, 0.3) is 0 Å². The molecule has 0 unspecified atom stereocenters. The number of rotatable bonds is 4. The highest BCUT2D eigenvalue weighted by Gasteiger charge is 2.50. The Balaban J connectivity index is 2.45. The van der Waals surface area contributed by atoms with Gasteiger partial charge in [0.05, 0.1) is 19.6 Å².